The molecule has 1 N–H and O–H groups in total. The van der Waals surface area contributed by atoms with Gasteiger partial charge in [0.25, 0.3) is 0 Å². The Bertz CT molecular complexity index is 1590. The lowest BCUT2D eigenvalue weighted by molar-refractivity contribution is -0.149. The number of allylic oxidation sites excluding steroid dienone is 10. The Kier molecular flexibility index (Phi) is 8.60. The molecular weight excluding hydrogens is 580 g/mol. The first-order chi connectivity index (χ1) is 21.4. The summed E-state index contributed by atoms with van der Waals surface area (Å²) in [7, 11) is 0. The summed E-state index contributed by atoms with van der Waals surface area (Å²) >= 11 is 0. The van der Waals surface area contributed by atoms with Gasteiger partial charge in [0, 0.05) is 30.6 Å². The molecule has 7 heteroatoms. The van der Waals surface area contributed by atoms with Gasteiger partial charge in [-0.25, -0.2) is 4.79 Å². The predicted molar refractivity (Wildman–Crippen MR) is 177 cm³/mol. The number of cyclic esters (lactones) is 1. The molecule has 0 radical (unpaired) electrons. The molecule has 6 atom stereocenters. The maximum atomic E-state index is 12.5. The molecule has 2 saturated heterocycles. The van der Waals surface area contributed by atoms with Crippen LogP contribution in [0.1, 0.15) is 88.0 Å². The Morgan fingerprint density at radius 2 is 1.61 bits per heavy atom. The molecule has 46 heavy (non-hydrogen) atoms. The van der Waals surface area contributed by atoms with Crippen LogP contribution in [-0.4, -0.2) is 51.7 Å². The van der Waals surface area contributed by atoms with Crippen molar-refractivity contribution < 1.29 is 33.6 Å². The SMILES string of the molecule is CC(=O)OC1CC(C)(C)C2(C#C/C(C)=C/C=C/C=C/C=C(C)/C=C3C=C(/C=C/C45OC4(C)CC(O)CC5(C)C)C(=O)O\3)OC2(C)C1. The van der Waals surface area contributed by atoms with E-state index in [2.05, 4.69) is 46.5 Å². The molecule has 4 fully saturated rings. The number of carbonyl (C=O) groups is 2. The number of aliphatic hydroxyl groups is 1. The number of hydrogen-bond donors (Lipinski definition) is 1. The molecule has 0 spiro atoms. The minimum atomic E-state index is -0.546. The molecule has 5 rings (SSSR count). The lowest BCUT2D eigenvalue weighted by Crippen LogP contribution is -2.47. The zero-order valence-corrected chi connectivity index (χ0v) is 28.7. The molecule has 0 bridgehead atoms. The van der Waals surface area contributed by atoms with Crippen LogP contribution in [0.2, 0.25) is 0 Å². The smallest absolute Gasteiger partial charge is 0.343 e. The third-order valence-electron chi connectivity index (χ3n) is 10.3. The van der Waals surface area contributed by atoms with Crippen molar-refractivity contribution in [2.75, 3.05) is 0 Å². The fourth-order valence-electron chi connectivity index (χ4n) is 8.13. The highest BCUT2D eigenvalue weighted by molar-refractivity contribution is 5.95. The highest BCUT2D eigenvalue weighted by Crippen LogP contribution is 2.66. The average Bonchev–Trinajstić information content (AvgIpc) is 3.69. The van der Waals surface area contributed by atoms with Gasteiger partial charge in [-0.3, -0.25) is 4.79 Å². The van der Waals surface area contributed by atoms with Crippen LogP contribution in [-0.2, 0) is 28.5 Å². The lowest BCUT2D eigenvalue weighted by Gasteiger charge is -2.39. The summed E-state index contributed by atoms with van der Waals surface area (Å²) in [6.07, 6.45) is 21.1. The van der Waals surface area contributed by atoms with Gasteiger partial charge in [-0.05, 0) is 76.0 Å². The standard InChI is InChI=1S/C39H48O7/c1-26(16-18-38-35(6,7)24-32(43-28(3)40)25-37(38,9)46-38)14-12-10-11-13-15-27(2)20-31-21-29(33(42)44-31)17-19-39-34(4,5)22-30(41)23-36(39,8)45-39/h10-15,17,19-21,30,32,41H,22-25H2,1-9H3/b12-10+,13-11+,19-17+,26-14+,27-15+,31-20+. The van der Waals surface area contributed by atoms with Gasteiger partial charge in [-0.1, -0.05) is 76.0 Å². The van der Waals surface area contributed by atoms with E-state index in [-0.39, 0.29) is 35.0 Å². The third kappa shape index (κ3) is 6.15. The number of fused-ring (bicyclic) bond motifs is 2. The molecule has 7 nitrogen and oxygen atoms in total. The number of carbonyl (C=O) groups excluding carboxylic acids is 2. The molecule has 246 valence electrons. The Balaban J connectivity index is 1.16. The van der Waals surface area contributed by atoms with Gasteiger partial charge in [0.1, 0.15) is 28.7 Å². The third-order valence-corrected chi connectivity index (χ3v) is 10.3. The number of hydrogen-bond acceptors (Lipinski definition) is 7. The first-order valence-corrected chi connectivity index (χ1v) is 16.2. The number of esters is 2. The lowest BCUT2D eigenvalue weighted by atomic mass is 9.63. The van der Waals surface area contributed by atoms with E-state index in [1.807, 2.05) is 69.4 Å². The second-order valence-corrected chi connectivity index (χ2v) is 15.2. The van der Waals surface area contributed by atoms with Gasteiger partial charge >= 0.3 is 11.9 Å². The summed E-state index contributed by atoms with van der Waals surface area (Å²) in [5.74, 6) is 6.54. The Hall–Kier alpha value is -3.44. The average molecular weight is 629 g/mol. The summed E-state index contributed by atoms with van der Waals surface area (Å²) < 4.78 is 23.4. The monoisotopic (exact) mass is 628 g/mol. The molecule has 0 amide bonds. The van der Waals surface area contributed by atoms with E-state index in [9.17, 15) is 14.7 Å². The predicted octanol–water partition coefficient (Wildman–Crippen LogP) is 6.91. The minimum absolute atomic E-state index is 0.153. The van der Waals surface area contributed by atoms with Crippen LogP contribution in [0.25, 0.3) is 0 Å². The molecule has 0 aromatic heterocycles. The van der Waals surface area contributed by atoms with E-state index in [4.69, 9.17) is 18.9 Å². The first kappa shape index (κ1) is 33.9. The maximum absolute atomic E-state index is 12.5. The van der Waals surface area contributed by atoms with Crippen molar-refractivity contribution in [3.8, 4) is 11.8 Å². The summed E-state index contributed by atoms with van der Waals surface area (Å²) in [6, 6.07) is 0. The quantitative estimate of drug-likeness (QED) is 0.142. The maximum Gasteiger partial charge on any atom is 0.343 e. The van der Waals surface area contributed by atoms with Gasteiger partial charge in [0.15, 0.2) is 5.60 Å². The summed E-state index contributed by atoms with van der Waals surface area (Å²) in [4.78, 5) is 24.0. The summed E-state index contributed by atoms with van der Waals surface area (Å²) in [5, 5.41) is 10.3. The van der Waals surface area contributed by atoms with E-state index in [1.165, 1.54) is 6.92 Å². The Morgan fingerprint density at radius 1 is 0.913 bits per heavy atom. The van der Waals surface area contributed by atoms with E-state index in [0.717, 1.165) is 11.1 Å². The van der Waals surface area contributed by atoms with Crippen molar-refractivity contribution in [1.82, 2.24) is 0 Å². The van der Waals surface area contributed by atoms with Crippen molar-refractivity contribution in [2.45, 2.75) is 123 Å². The highest BCUT2D eigenvalue weighted by atomic mass is 16.6. The first-order valence-electron chi connectivity index (χ1n) is 16.2. The van der Waals surface area contributed by atoms with Crippen molar-refractivity contribution >= 4 is 11.9 Å². The van der Waals surface area contributed by atoms with Crippen molar-refractivity contribution in [3.63, 3.8) is 0 Å². The fourth-order valence-corrected chi connectivity index (χ4v) is 8.13. The Morgan fingerprint density at radius 3 is 2.26 bits per heavy atom. The van der Waals surface area contributed by atoms with E-state index in [0.29, 0.717) is 37.0 Å². The molecular formula is C39H48O7. The summed E-state index contributed by atoms with van der Waals surface area (Å²) in [5.41, 5.74) is -0.0559. The molecule has 2 saturated carbocycles. The van der Waals surface area contributed by atoms with E-state index in [1.54, 1.807) is 12.2 Å². The largest absolute Gasteiger partial charge is 0.462 e. The van der Waals surface area contributed by atoms with Crippen molar-refractivity contribution in [2.24, 2.45) is 10.8 Å². The van der Waals surface area contributed by atoms with Crippen LogP contribution in [0, 0.1) is 22.7 Å². The van der Waals surface area contributed by atoms with Crippen LogP contribution in [0.4, 0.5) is 0 Å². The molecule has 0 aromatic carbocycles. The van der Waals surface area contributed by atoms with Gasteiger partial charge in [0.2, 0.25) is 0 Å². The zero-order chi connectivity index (χ0) is 33.8. The summed E-state index contributed by atoms with van der Waals surface area (Å²) in [6.45, 7) is 17.9. The van der Waals surface area contributed by atoms with Crippen LogP contribution >= 0.6 is 0 Å². The van der Waals surface area contributed by atoms with Crippen LogP contribution in [0.5, 0.6) is 0 Å². The van der Waals surface area contributed by atoms with Gasteiger partial charge in [-0.15, -0.1) is 0 Å². The Labute approximate surface area is 273 Å². The van der Waals surface area contributed by atoms with Gasteiger partial charge < -0.3 is 24.1 Å². The number of rotatable bonds is 7. The van der Waals surface area contributed by atoms with Crippen molar-refractivity contribution in [1.29, 1.82) is 0 Å². The molecule has 3 aliphatic heterocycles. The molecule has 2 aliphatic carbocycles. The van der Waals surface area contributed by atoms with Crippen LogP contribution in [0.3, 0.4) is 0 Å². The van der Waals surface area contributed by atoms with E-state index >= 15 is 0 Å². The van der Waals surface area contributed by atoms with E-state index < -0.39 is 22.4 Å². The minimum Gasteiger partial charge on any atom is -0.462 e. The molecule has 3 heterocycles. The topological polar surface area (TPSA) is 97.9 Å². The molecule has 0 aromatic rings. The number of epoxide rings is 2. The zero-order valence-electron chi connectivity index (χ0n) is 28.7. The van der Waals surface area contributed by atoms with Gasteiger partial charge in [-0.2, -0.15) is 0 Å². The fraction of sp³-hybridized carbons (Fsp3) is 0.538. The van der Waals surface area contributed by atoms with Crippen LogP contribution < -0.4 is 0 Å². The molecule has 6 unspecified atom stereocenters. The number of ether oxygens (including phenoxy) is 4. The second kappa shape index (κ2) is 11.7. The normalized spacial score (nSPS) is 38.7. The number of aliphatic hydroxyl groups excluding tert-OH is 1. The highest BCUT2D eigenvalue weighted by Gasteiger charge is 2.76. The van der Waals surface area contributed by atoms with Gasteiger partial charge in [0.05, 0.1) is 11.7 Å². The van der Waals surface area contributed by atoms with Crippen LogP contribution in [0.15, 0.2) is 83.2 Å². The van der Waals surface area contributed by atoms with Crippen molar-refractivity contribution in [3.05, 3.63) is 83.2 Å². The molecule has 5 aliphatic rings. The second-order valence-electron chi connectivity index (χ2n) is 15.2.